The highest BCUT2D eigenvalue weighted by molar-refractivity contribution is 6.30. The van der Waals surface area contributed by atoms with Gasteiger partial charge in [0.05, 0.1) is 7.11 Å². The molecule has 2 aromatic carbocycles. The zero-order valence-corrected chi connectivity index (χ0v) is 12.4. The lowest BCUT2D eigenvalue weighted by Crippen LogP contribution is -2.00. The van der Waals surface area contributed by atoms with Gasteiger partial charge in [-0.25, -0.2) is 0 Å². The fourth-order valence-electron chi connectivity index (χ4n) is 2.28. The fraction of sp³-hybridized carbons (Fsp3) is 0.118. The molecule has 1 aromatic heterocycles. The number of benzene rings is 2. The Morgan fingerprint density at radius 3 is 2.52 bits per heavy atom. The van der Waals surface area contributed by atoms with E-state index in [1.165, 1.54) is 0 Å². The summed E-state index contributed by atoms with van der Waals surface area (Å²) in [5.74, 6) is 0.890. The van der Waals surface area contributed by atoms with Crippen molar-refractivity contribution in [2.45, 2.75) is 6.92 Å². The number of ether oxygens (including phenoxy) is 1. The third-order valence-electron chi connectivity index (χ3n) is 3.46. The van der Waals surface area contributed by atoms with Crippen molar-refractivity contribution in [3.8, 4) is 5.75 Å². The van der Waals surface area contributed by atoms with E-state index >= 15 is 0 Å². The molecule has 0 fully saturated rings. The van der Waals surface area contributed by atoms with Crippen LogP contribution < -0.4 is 4.74 Å². The van der Waals surface area contributed by atoms with Crippen molar-refractivity contribution in [2.24, 2.45) is 0 Å². The normalized spacial score (nSPS) is 10.8. The molecule has 0 aliphatic rings. The molecule has 21 heavy (non-hydrogen) atoms. The summed E-state index contributed by atoms with van der Waals surface area (Å²) in [4.78, 5) is 12.5. The molecule has 0 amide bonds. The van der Waals surface area contributed by atoms with Crippen molar-refractivity contribution in [2.75, 3.05) is 7.11 Å². The average molecular weight is 301 g/mol. The van der Waals surface area contributed by atoms with Crippen molar-refractivity contribution >= 4 is 28.4 Å². The number of furan rings is 1. The van der Waals surface area contributed by atoms with Crippen LogP contribution in [0.1, 0.15) is 21.7 Å². The van der Waals surface area contributed by atoms with Crippen LogP contribution in [-0.4, -0.2) is 12.9 Å². The third kappa shape index (κ3) is 2.41. The van der Waals surface area contributed by atoms with Crippen LogP contribution in [0, 0.1) is 6.92 Å². The van der Waals surface area contributed by atoms with E-state index in [1.807, 2.05) is 19.1 Å². The number of rotatable bonds is 3. The summed E-state index contributed by atoms with van der Waals surface area (Å²) >= 11 is 5.84. The number of carbonyl (C=O) groups excluding carboxylic acids is 1. The molecular weight excluding hydrogens is 288 g/mol. The van der Waals surface area contributed by atoms with Crippen molar-refractivity contribution in [3.05, 3.63) is 64.4 Å². The molecule has 1 heterocycles. The number of aryl methyl sites for hydroxylation is 1. The quantitative estimate of drug-likeness (QED) is 0.662. The van der Waals surface area contributed by atoms with Crippen LogP contribution in [0.3, 0.4) is 0 Å². The highest BCUT2D eigenvalue weighted by Gasteiger charge is 2.19. The van der Waals surface area contributed by atoms with E-state index in [1.54, 1.807) is 37.4 Å². The molecule has 0 N–H and O–H groups in total. The lowest BCUT2D eigenvalue weighted by atomic mass is 10.0. The number of halogens is 1. The lowest BCUT2D eigenvalue weighted by Gasteiger charge is -1.99. The summed E-state index contributed by atoms with van der Waals surface area (Å²) in [6, 6.07) is 12.3. The van der Waals surface area contributed by atoms with Gasteiger partial charge in [0.25, 0.3) is 0 Å². The Kier molecular flexibility index (Phi) is 3.43. The second-order valence-corrected chi connectivity index (χ2v) is 5.19. The van der Waals surface area contributed by atoms with Gasteiger partial charge in [0.15, 0.2) is 5.76 Å². The van der Waals surface area contributed by atoms with Crippen LogP contribution in [0.15, 0.2) is 46.9 Å². The number of ketones is 1. The first-order valence-electron chi connectivity index (χ1n) is 6.47. The smallest absolute Gasteiger partial charge is 0.228 e. The largest absolute Gasteiger partial charge is 0.497 e. The standard InChI is InChI=1S/C17H13ClO3/c1-10-14-8-7-13(20-2)9-15(14)21-17(10)16(19)11-3-5-12(18)6-4-11/h3-9H,1-2H3. The molecule has 0 saturated carbocycles. The van der Waals surface area contributed by atoms with Crippen LogP contribution in [0.4, 0.5) is 0 Å². The zero-order valence-electron chi connectivity index (χ0n) is 11.6. The van der Waals surface area contributed by atoms with Gasteiger partial charge in [-0.3, -0.25) is 4.79 Å². The molecule has 3 rings (SSSR count). The Morgan fingerprint density at radius 1 is 1.14 bits per heavy atom. The predicted molar refractivity (Wildman–Crippen MR) is 82.4 cm³/mol. The minimum atomic E-state index is -0.153. The van der Waals surface area contributed by atoms with Crippen LogP contribution >= 0.6 is 11.6 Å². The number of carbonyl (C=O) groups is 1. The Hall–Kier alpha value is -2.26. The molecule has 0 aliphatic heterocycles. The van der Waals surface area contributed by atoms with Gasteiger partial charge >= 0.3 is 0 Å². The van der Waals surface area contributed by atoms with E-state index < -0.39 is 0 Å². The van der Waals surface area contributed by atoms with Gasteiger partial charge in [0.1, 0.15) is 11.3 Å². The molecule has 3 aromatic rings. The lowest BCUT2D eigenvalue weighted by molar-refractivity contribution is 0.101. The van der Waals surface area contributed by atoms with Gasteiger partial charge in [0.2, 0.25) is 5.78 Å². The number of methoxy groups -OCH3 is 1. The van der Waals surface area contributed by atoms with Crippen LogP contribution in [-0.2, 0) is 0 Å². The van der Waals surface area contributed by atoms with Gasteiger partial charge in [-0.2, -0.15) is 0 Å². The summed E-state index contributed by atoms with van der Waals surface area (Å²) in [6.45, 7) is 1.88. The SMILES string of the molecule is COc1ccc2c(C)c(C(=O)c3ccc(Cl)cc3)oc2c1. The van der Waals surface area contributed by atoms with E-state index in [4.69, 9.17) is 20.8 Å². The van der Waals surface area contributed by atoms with Crippen molar-refractivity contribution in [1.82, 2.24) is 0 Å². The average Bonchev–Trinajstić information content (AvgIpc) is 2.83. The molecule has 0 aliphatic carbocycles. The highest BCUT2D eigenvalue weighted by atomic mass is 35.5. The molecule has 106 valence electrons. The molecule has 0 spiro atoms. The maximum absolute atomic E-state index is 12.5. The molecule has 0 saturated heterocycles. The minimum Gasteiger partial charge on any atom is -0.497 e. The monoisotopic (exact) mass is 300 g/mol. The minimum absolute atomic E-state index is 0.153. The van der Waals surface area contributed by atoms with Gasteiger partial charge in [-0.15, -0.1) is 0 Å². The summed E-state index contributed by atoms with van der Waals surface area (Å²) < 4.78 is 10.9. The first-order chi connectivity index (χ1) is 10.1. The van der Waals surface area contributed by atoms with Gasteiger partial charge in [-0.05, 0) is 43.3 Å². The highest BCUT2D eigenvalue weighted by Crippen LogP contribution is 2.30. The number of fused-ring (bicyclic) bond motifs is 1. The van der Waals surface area contributed by atoms with E-state index in [0.29, 0.717) is 27.7 Å². The van der Waals surface area contributed by atoms with Crippen LogP contribution in [0.2, 0.25) is 5.02 Å². The predicted octanol–water partition coefficient (Wildman–Crippen LogP) is 4.63. The topological polar surface area (TPSA) is 39.4 Å². The molecular formula is C17H13ClO3. The molecule has 4 heteroatoms. The van der Waals surface area contributed by atoms with Crippen molar-refractivity contribution in [3.63, 3.8) is 0 Å². The number of hydrogen-bond donors (Lipinski definition) is 0. The van der Waals surface area contributed by atoms with Gasteiger partial charge in [-0.1, -0.05) is 11.6 Å². The summed E-state index contributed by atoms with van der Waals surface area (Å²) in [7, 11) is 1.59. The van der Waals surface area contributed by atoms with Crippen LogP contribution in [0.25, 0.3) is 11.0 Å². The van der Waals surface area contributed by atoms with E-state index in [-0.39, 0.29) is 5.78 Å². The maximum Gasteiger partial charge on any atom is 0.228 e. The fourth-order valence-corrected chi connectivity index (χ4v) is 2.41. The van der Waals surface area contributed by atoms with E-state index in [0.717, 1.165) is 10.9 Å². The molecule has 0 unspecified atom stereocenters. The summed E-state index contributed by atoms with van der Waals surface area (Å²) in [5.41, 5.74) is 2.02. The molecule has 0 bridgehead atoms. The molecule has 3 nitrogen and oxygen atoms in total. The van der Waals surface area contributed by atoms with Crippen molar-refractivity contribution in [1.29, 1.82) is 0 Å². The van der Waals surface area contributed by atoms with Crippen LogP contribution in [0.5, 0.6) is 5.75 Å². The Bertz CT molecular complexity index is 816. The first kappa shape index (κ1) is 13.7. The maximum atomic E-state index is 12.5. The molecule has 0 radical (unpaired) electrons. The second kappa shape index (κ2) is 5.26. The van der Waals surface area contributed by atoms with Gasteiger partial charge in [0, 0.05) is 27.6 Å². The Balaban J connectivity index is 2.09. The summed E-state index contributed by atoms with van der Waals surface area (Å²) in [6.07, 6.45) is 0. The van der Waals surface area contributed by atoms with Crippen molar-refractivity contribution < 1.29 is 13.9 Å². The van der Waals surface area contributed by atoms with Gasteiger partial charge < -0.3 is 9.15 Å². The zero-order chi connectivity index (χ0) is 15.0. The third-order valence-corrected chi connectivity index (χ3v) is 3.71. The summed E-state index contributed by atoms with van der Waals surface area (Å²) in [5, 5.41) is 1.51. The first-order valence-corrected chi connectivity index (χ1v) is 6.85. The Labute approximate surface area is 127 Å². The van der Waals surface area contributed by atoms with E-state index in [9.17, 15) is 4.79 Å². The van der Waals surface area contributed by atoms with E-state index in [2.05, 4.69) is 0 Å². The number of hydrogen-bond acceptors (Lipinski definition) is 3. The second-order valence-electron chi connectivity index (χ2n) is 4.75. The molecule has 0 atom stereocenters. The Morgan fingerprint density at radius 2 is 1.86 bits per heavy atom.